The topological polar surface area (TPSA) is 61.4 Å². The first-order valence-corrected chi connectivity index (χ1v) is 12.9. The van der Waals surface area contributed by atoms with Gasteiger partial charge in [-0.3, -0.25) is 9.59 Å². The Hall–Kier alpha value is -2.66. The Morgan fingerprint density at radius 2 is 1.91 bits per heavy atom. The van der Waals surface area contributed by atoms with Crippen LogP contribution >= 0.6 is 0 Å². The van der Waals surface area contributed by atoms with Crippen molar-refractivity contribution in [1.82, 2.24) is 10.6 Å². The second kappa shape index (κ2) is 11.2. The van der Waals surface area contributed by atoms with Gasteiger partial charge in [-0.15, -0.1) is 0 Å². The maximum Gasteiger partial charge on any atom is 0.251 e. The lowest BCUT2D eigenvalue weighted by atomic mass is 9.88. The average Bonchev–Trinajstić information content (AvgIpc) is 2.83. The number of hydrogen-bond acceptors (Lipinski definition) is 4. The molecule has 1 amide bonds. The number of anilines is 1. The highest BCUT2D eigenvalue weighted by molar-refractivity contribution is 6.02. The first-order chi connectivity index (χ1) is 16.5. The number of carbonyl (C=O) groups is 2. The van der Waals surface area contributed by atoms with Gasteiger partial charge in [0.1, 0.15) is 0 Å². The van der Waals surface area contributed by atoms with Crippen molar-refractivity contribution in [2.75, 3.05) is 25.0 Å². The van der Waals surface area contributed by atoms with Crippen molar-refractivity contribution in [1.29, 1.82) is 0 Å². The number of Topliss-reactive ketones (excluding diaryl/α,β-unsaturated/α-hetero) is 1. The number of rotatable bonds is 4. The third kappa shape index (κ3) is 5.35. The number of nitrogens with one attached hydrogen (secondary N) is 2. The highest BCUT2D eigenvalue weighted by atomic mass is 16.2. The molecule has 3 aliphatic rings. The third-order valence-corrected chi connectivity index (χ3v) is 7.67. The first-order valence-electron chi connectivity index (χ1n) is 12.9. The van der Waals surface area contributed by atoms with E-state index < -0.39 is 0 Å². The summed E-state index contributed by atoms with van der Waals surface area (Å²) in [5.41, 5.74) is 5.93. The van der Waals surface area contributed by atoms with Crippen molar-refractivity contribution in [3.8, 4) is 0 Å². The Labute approximate surface area is 204 Å². The van der Waals surface area contributed by atoms with E-state index in [1.54, 1.807) is 0 Å². The number of fused-ring (bicyclic) bond motifs is 1. The fourth-order valence-corrected chi connectivity index (χ4v) is 5.80. The molecule has 0 aromatic heterocycles. The van der Waals surface area contributed by atoms with Crippen LogP contribution in [0.15, 0.2) is 53.1 Å². The summed E-state index contributed by atoms with van der Waals surface area (Å²) in [6.45, 7) is 5.45. The van der Waals surface area contributed by atoms with Crippen LogP contribution in [0.5, 0.6) is 0 Å². The summed E-state index contributed by atoms with van der Waals surface area (Å²) in [5.74, 6) is 0.0475. The molecule has 0 saturated heterocycles. The van der Waals surface area contributed by atoms with E-state index in [-0.39, 0.29) is 11.7 Å². The molecule has 0 bridgehead atoms. The van der Waals surface area contributed by atoms with Crippen LogP contribution in [0.25, 0.3) is 0 Å². The molecule has 1 aromatic rings. The van der Waals surface area contributed by atoms with Crippen LogP contribution in [0.4, 0.5) is 5.69 Å². The van der Waals surface area contributed by atoms with Crippen LogP contribution in [-0.4, -0.2) is 43.9 Å². The molecule has 182 valence electrons. The minimum absolute atomic E-state index is 0.0910. The van der Waals surface area contributed by atoms with Gasteiger partial charge in [0.25, 0.3) is 5.91 Å². The molecule has 0 atom stereocenters. The molecule has 0 spiro atoms. The number of carbonyl (C=O) groups excluding carboxylic acids is 2. The third-order valence-electron chi connectivity index (χ3n) is 7.67. The zero-order chi connectivity index (χ0) is 24.1. The Balaban J connectivity index is 1.64. The van der Waals surface area contributed by atoms with Crippen LogP contribution in [0.3, 0.4) is 0 Å². The zero-order valence-electron chi connectivity index (χ0n) is 21.0. The van der Waals surface area contributed by atoms with Gasteiger partial charge >= 0.3 is 0 Å². The van der Waals surface area contributed by atoms with Crippen LogP contribution in [-0.2, 0) is 11.2 Å². The van der Waals surface area contributed by atoms with E-state index in [0.29, 0.717) is 25.0 Å². The molecule has 1 saturated carbocycles. The summed E-state index contributed by atoms with van der Waals surface area (Å²) in [7, 11) is 2.06. The lowest BCUT2D eigenvalue weighted by Gasteiger charge is -2.39. The van der Waals surface area contributed by atoms with Gasteiger partial charge in [-0.1, -0.05) is 29.9 Å². The fraction of sp³-hybridized carbons (Fsp3) is 0.517. The Morgan fingerprint density at radius 3 is 2.65 bits per heavy atom. The van der Waals surface area contributed by atoms with Crippen molar-refractivity contribution >= 4 is 17.4 Å². The summed E-state index contributed by atoms with van der Waals surface area (Å²) in [6.07, 6.45) is 14.2. The lowest BCUT2D eigenvalue weighted by Crippen LogP contribution is -2.42. The van der Waals surface area contributed by atoms with Gasteiger partial charge in [-0.05, 0) is 89.1 Å². The summed E-state index contributed by atoms with van der Waals surface area (Å²) >= 11 is 0. The predicted molar refractivity (Wildman–Crippen MR) is 139 cm³/mol. The zero-order valence-corrected chi connectivity index (χ0v) is 21.0. The van der Waals surface area contributed by atoms with Crippen molar-refractivity contribution in [2.45, 2.75) is 77.3 Å². The van der Waals surface area contributed by atoms with E-state index in [2.05, 4.69) is 53.8 Å². The van der Waals surface area contributed by atoms with Crippen LogP contribution in [0.2, 0.25) is 0 Å². The number of benzene rings is 1. The maximum absolute atomic E-state index is 13.4. The van der Waals surface area contributed by atoms with Crippen molar-refractivity contribution in [3.63, 3.8) is 0 Å². The van der Waals surface area contributed by atoms with Crippen LogP contribution in [0, 0.1) is 0 Å². The first kappa shape index (κ1) is 24.5. The van der Waals surface area contributed by atoms with Gasteiger partial charge < -0.3 is 15.5 Å². The summed E-state index contributed by atoms with van der Waals surface area (Å²) in [5, 5.41) is 6.51. The summed E-state index contributed by atoms with van der Waals surface area (Å²) < 4.78 is 0. The second-order valence-corrected chi connectivity index (χ2v) is 9.87. The summed E-state index contributed by atoms with van der Waals surface area (Å²) in [6, 6.07) is 7.23. The molecular formula is C29H39N3O2. The molecular weight excluding hydrogens is 422 g/mol. The van der Waals surface area contributed by atoms with Gasteiger partial charge in [-0.25, -0.2) is 0 Å². The molecule has 1 aromatic carbocycles. The molecule has 0 unspecified atom stereocenters. The van der Waals surface area contributed by atoms with Gasteiger partial charge in [0.2, 0.25) is 0 Å². The quantitative estimate of drug-likeness (QED) is 0.628. The molecule has 2 N–H and O–H groups in total. The molecule has 2 aliphatic carbocycles. The lowest BCUT2D eigenvalue weighted by molar-refractivity contribution is -0.115. The van der Waals surface area contributed by atoms with E-state index in [4.69, 9.17) is 0 Å². The molecule has 1 aliphatic heterocycles. The SMILES string of the molecule is CCN(c1cccc2c1C/C=C/CCC1=C(CNC2=O)C(=O)CC(C)=C1)C1CCC(NC)CC1. The van der Waals surface area contributed by atoms with Crippen LogP contribution < -0.4 is 15.5 Å². The minimum atomic E-state index is -0.0910. The molecule has 4 rings (SSSR count). The van der Waals surface area contributed by atoms with Crippen molar-refractivity contribution < 1.29 is 9.59 Å². The number of allylic oxidation sites excluding steroid dienone is 5. The molecule has 5 heteroatoms. The normalized spacial score (nSPS) is 24.7. The summed E-state index contributed by atoms with van der Waals surface area (Å²) in [4.78, 5) is 28.6. The standard InChI is InChI=1S/C29H39N3O2/c1-4-32(23-15-13-22(30-3)14-16-23)27-12-8-11-25-24(27)10-7-5-6-9-21-17-20(2)18-28(33)26(21)19-31-29(25)34/h5,7-8,11-12,17,22-23,30H,4,6,9-10,13-16,18-19H2,1-3H3,(H,31,34)/b7-5+. The van der Waals surface area contributed by atoms with E-state index >= 15 is 0 Å². The van der Waals surface area contributed by atoms with Crippen molar-refractivity contribution in [3.05, 3.63) is 64.3 Å². The maximum atomic E-state index is 13.4. The van der Waals surface area contributed by atoms with E-state index in [1.807, 2.05) is 19.1 Å². The number of ketones is 1. The minimum Gasteiger partial charge on any atom is -0.369 e. The van der Waals surface area contributed by atoms with E-state index in [9.17, 15) is 9.59 Å². The monoisotopic (exact) mass is 461 g/mol. The predicted octanol–water partition coefficient (Wildman–Crippen LogP) is 4.88. The van der Waals surface area contributed by atoms with Gasteiger partial charge in [0.05, 0.1) is 0 Å². The van der Waals surface area contributed by atoms with Crippen molar-refractivity contribution in [2.24, 2.45) is 0 Å². The fourth-order valence-electron chi connectivity index (χ4n) is 5.80. The highest BCUT2D eigenvalue weighted by Gasteiger charge is 2.27. The molecule has 5 nitrogen and oxygen atoms in total. The molecule has 1 heterocycles. The number of amides is 1. The van der Waals surface area contributed by atoms with Gasteiger partial charge in [0, 0.05) is 48.4 Å². The second-order valence-electron chi connectivity index (χ2n) is 9.87. The Bertz CT molecular complexity index is 1010. The largest absolute Gasteiger partial charge is 0.369 e. The smallest absolute Gasteiger partial charge is 0.251 e. The number of hydrogen-bond donors (Lipinski definition) is 2. The Kier molecular flexibility index (Phi) is 8.04. The number of nitrogens with zero attached hydrogens (tertiary/aromatic N) is 1. The average molecular weight is 462 g/mol. The molecule has 0 radical (unpaired) electrons. The molecule has 1 fully saturated rings. The van der Waals surface area contributed by atoms with E-state index in [1.165, 1.54) is 18.5 Å². The highest BCUT2D eigenvalue weighted by Crippen LogP contribution is 2.32. The molecule has 34 heavy (non-hydrogen) atoms. The van der Waals surface area contributed by atoms with Crippen LogP contribution in [0.1, 0.15) is 74.7 Å². The Morgan fingerprint density at radius 1 is 1.12 bits per heavy atom. The van der Waals surface area contributed by atoms with E-state index in [0.717, 1.165) is 66.5 Å². The van der Waals surface area contributed by atoms with Gasteiger partial charge in [0.15, 0.2) is 5.78 Å². The van der Waals surface area contributed by atoms with Gasteiger partial charge in [-0.2, -0.15) is 0 Å².